The third-order valence-corrected chi connectivity index (χ3v) is 3.27. The van der Waals surface area contributed by atoms with E-state index in [0.717, 1.165) is 4.47 Å². The standard InChI is InChI=1S/C12H5BrCl2N4O/c13-7-1-2-9(6(3-7)5-16)17-12(20)8-4-10(14)18-19-11(8)15/h1-4H,(H,17,20). The van der Waals surface area contributed by atoms with Gasteiger partial charge in [-0.05, 0) is 24.3 Å². The second-order valence-electron chi connectivity index (χ2n) is 3.63. The summed E-state index contributed by atoms with van der Waals surface area (Å²) in [6.45, 7) is 0. The quantitative estimate of drug-likeness (QED) is 0.873. The predicted molar refractivity (Wildman–Crippen MR) is 78.9 cm³/mol. The van der Waals surface area contributed by atoms with E-state index < -0.39 is 5.91 Å². The summed E-state index contributed by atoms with van der Waals surface area (Å²) >= 11 is 14.7. The lowest BCUT2D eigenvalue weighted by Gasteiger charge is -2.08. The van der Waals surface area contributed by atoms with Gasteiger partial charge in [0.1, 0.15) is 6.07 Å². The summed E-state index contributed by atoms with van der Waals surface area (Å²) < 4.78 is 0.735. The van der Waals surface area contributed by atoms with Crippen molar-refractivity contribution in [3.8, 4) is 6.07 Å². The van der Waals surface area contributed by atoms with Crippen LogP contribution in [0.5, 0.6) is 0 Å². The number of benzene rings is 1. The van der Waals surface area contributed by atoms with E-state index in [1.165, 1.54) is 6.07 Å². The molecule has 0 aliphatic rings. The third-order valence-electron chi connectivity index (χ3n) is 2.31. The molecule has 0 aliphatic heterocycles. The van der Waals surface area contributed by atoms with E-state index in [0.29, 0.717) is 11.3 Å². The first kappa shape index (κ1) is 14.7. The number of aromatic nitrogens is 2. The number of nitriles is 1. The second kappa shape index (κ2) is 6.18. The zero-order valence-corrected chi connectivity index (χ0v) is 12.8. The maximum Gasteiger partial charge on any atom is 0.259 e. The van der Waals surface area contributed by atoms with Crippen molar-refractivity contribution in [2.45, 2.75) is 0 Å². The number of rotatable bonds is 2. The highest BCUT2D eigenvalue weighted by Gasteiger charge is 2.15. The number of nitrogens with one attached hydrogen (secondary N) is 1. The average Bonchev–Trinajstić information content (AvgIpc) is 2.43. The van der Waals surface area contributed by atoms with Crippen molar-refractivity contribution in [2.75, 3.05) is 5.32 Å². The van der Waals surface area contributed by atoms with Gasteiger partial charge in [-0.1, -0.05) is 39.1 Å². The SMILES string of the molecule is N#Cc1cc(Br)ccc1NC(=O)c1cc(Cl)nnc1Cl. The molecule has 0 saturated carbocycles. The smallest absolute Gasteiger partial charge is 0.259 e. The van der Waals surface area contributed by atoms with Gasteiger partial charge in [0.15, 0.2) is 10.3 Å². The zero-order chi connectivity index (χ0) is 14.7. The van der Waals surface area contributed by atoms with Crippen LogP contribution >= 0.6 is 39.1 Å². The fourth-order valence-corrected chi connectivity index (χ4v) is 2.11. The highest BCUT2D eigenvalue weighted by Crippen LogP contribution is 2.22. The van der Waals surface area contributed by atoms with Crippen LogP contribution in [0.4, 0.5) is 5.69 Å². The van der Waals surface area contributed by atoms with Crippen molar-refractivity contribution in [2.24, 2.45) is 0 Å². The molecular formula is C12H5BrCl2N4O. The molecular weight excluding hydrogens is 367 g/mol. The fraction of sp³-hybridized carbons (Fsp3) is 0. The van der Waals surface area contributed by atoms with E-state index in [4.69, 9.17) is 28.5 Å². The van der Waals surface area contributed by atoms with Gasteiger partial charge in [0.25, 0.3) is 5.91 Å². The lowest BCUT2D eigenvalue weighted by atomic mass is 10.2. The summed E-state index contributed by atoms with van der Waals surface area (Å²) in [5, 5.41) is 18.7. The van der Waals surface area contributed by atoms with E-state index in [2.05, 4.69) is 31.4 Å². The lowest BCUT2D eigenvalue weighted by molar-refractivity contribution is 0.102. The normalized spacial score (nSPS) is 9.90. The van der Waals surface area contributed by atoms with Crippen molar-refractivity contribution < 1.29 is 4.79 Å². The first-order chi connectivity index (χ1) is 9.51. The Morgan fingerprint density at radius 1 is 1.30 bits per heavy atom. The summed E-state index contributed by atoms with van der Waals surface area (Å²) in [4.78, 5) is 12.1. The van der Waals surface area contributed by atoms with Crippen molar-refractivity contribution in [3.63, 3.8) is 0 Å². The van der Waals surface area contributed by atoms with Crippen LogP contribution in [0, 0.1) is 11.3 Å². The largest absolute Gasteiger partial charge is 0.321 e. The molecule has 0 saturated heterocycles. The number of hydrogen-bond acceptors (Lipinski definition) is 4. The highest BCUT2D eigenvalue weighted by atomic mass is 79.9. The lowest BCUT2D eigenvalue weighted by Crippen LogP contribution is -2.14. The molecule has 2 aromatic rings. The van der Waals surface area contributed by atoms with Gasteiger partial charge in [-0.15, -0.1) is 10.2 Å². The molecule has 0 radical (unpaired) electrons. The van der Waals surface area contributed by atoms with Crippen LogP contribution in [0.15, 0.2) is 28.7 Å². The van der Waals surface area contributed by atoms with Gasteiger partial charge in [-0.3, -0.25) is 4.79 Å². The summed E-state index contributed by atoms with van der Waals surface area (Å²) in [6, 6.07) is 8.19. The van der Waals surface area contributed by atoms with Crippen molar-refractivity contribution in [3.05, 3.63) is 50.2 Å². The summed E-state index contributed by atoms with van der Waals surface area (Å²) in [5.74, 6) is -0.523. The maximum absolute atomic E-state index is 12.1. The Morgan fingerprint density at radius 2 is 2.05 bits per heavy atom. The van der Waals surface area contributed by atoms with Crippen LogP contribution in [0.3, 0.4) is 0 Å². The van der Waals surface area contributed by atoms with E-state index in [1.807, 2.05) is 6.07 Å². The van der Waals surface area contributed by atoms with Crippen LogP contribution in [0.2, 0.25) is 10.3 Å². The van der Waals surface area contributed by atoms with Crippen molar-refractivity contribution >= 4 is 50.7 Å². The molecule has 5 nitrogen and oxygen atoms in total. The Morgan fingerprint density at radius 3 is 2.75 bits per heavy atom. The molecule has 1 aromatic carbocycles. The Labute approximate surface area is 132 Å². The van der Waals surface area contributed by atoms with Gasteiger partial charge >= 0.3 is 0 Å². The van der Waals surface area contributed by atoms with Crippen LogP contribution < -0.4 is 5.32 Å². The first-order valence-electron chi connectivity index (χ1n) is 5.21. The number of nitrogens with zero attached hydrogens (tertiary/aromatic N) is 3. The zero-order valence-electron chi connectivity index (χ0n) is 9.69. The van der Waals surface area contributed by atoms with Gasteiger partial charge in [0, 0.05) is 4.47 Å². The van der Waals surface area contributed by atoms with E-state index in [1.54, 1.807) is 18.2 Å². The Hall–Kier alpha value is -1.68. The highest BCUT2D eigenvalue weighted by molar-refractivity contribution is 9.10. The minimum absolute atomic E-state index is 0.0517. The van der Waals surface area contributed by atoms with E-state index in [9.17, 15) is 4.79 Å². The molecule has 0 atom stereocenters. The van der Waals surface area contributed by atoms with Crippen LogP contribution in [0.25, 0.3) is 0 Å². The molecule has 0 unspecified atom stereocenters. The second-order valence-corrected chi connectivity index (χ2v) is 5.29. The number of hydrogen-bond donors (Lipinski definition) is 1. The van der Waals surface area contributed by atoms with Gasteiger partial charge in [-0.25, -0.2) is 0 Å². The van der Waals surface area contributed by atoms with Crippen molar-refractivity contribution in [1.82, 2.24) is 10.2 Å². The predicted octanol–water partition coefficient (Wildman–Crippen LogP) is 3.67. The molecule has 100 valence electrons. The van der Waals surface area contributed by atoms with Crippen LogP contribution in [0.1, 0.15) is 15.9 Å². The minimum atomic E-state index is -0.523. The Bertz CT molecular complexity index is 730. The molecule has 20 heavy (non-hydrogen) atoms. The Balaban J connectivity index is 2.33. The first-order valence-corrected chi connectivity index (χ1v) is 6.76. The van der Waals surface area contributed by atoms with E-state index >= 15 is 0 Å². The Kier molecular flexibility index (Phi) is 4.55. The molecule has 0 spiro atoms. The molecule has 8 heteroatoms. The molecule has 1 aromatic heterocycles. The number of halogens is 3. The third kappa shape index (κ3) is 3.25. The van der Waals surface area contributed by atoms with Crippen LogP contribution in [-0.4, -0.2) is 16.1 Å². The van der Waals surface area contributed by atoms with Crippen molar-refractivity contribution in [1.29, 1.82) is 5.26 Å². The minimum Gasteiger partial charge on any atom is -0.321 e. The summed E-state index contributed by atoms with van der Waals surface area (Å²) in [6.07, 6.45) is 0. The molecule has 2 rings (SSSR count). The number of amides is 1. The molecule has 0 aliphatic carbocycles. The van der Waals surface area contributed by atoms with Gasteiger partial charge in [0.2, 0.25) is 0 Å². The molecule has 0 bridgehead atoms. The molecule has 0 fully saturated rings. The van der Waals surface area contributed by atoms with Gasteiger partial charge in [0.05, 0.1) is 16.8 Å². The molecule has 1 N–H and O–H groups in total. The molecule has 1 amide bonds. The maximum atomic E-state index is 12.1. The number of carbonyl (C=O) groups excluding carboxylic acids is 1. The van der Waals surface area contributed by atoms with E-state index in [-0.39, 0.29) is 15.9 Å². The average molecular weight is 372 g/mol. The monoisotopic (exact) mass is 370 g/mol. The van der Waals surface area contributed by atoms with Gasteiger partial charge in [-0.2, -0.15) is 5.26 Å². The topological polar surface area (TPSA) is 78.7 Å². The number of carbonyl (C=O) groups is 1. The van der Waals surface area contributed by atoms with Crippen LogP contribution in [-0.2, 0) is 0 Å². The summed E-state index contributed by atoms with van der Waals surface area (Å²) in [5.41, 5.74) is 0.764. The summed E-state index contributed by atoms with van der Waals surface area (Å²) in [7, 11) is 0. The molecule has 1 heterocycles. The number of anilines is 1. The fourth-order valence-electron chi connectivity index (χ4n) is 1.42. The van der Waals surface area contributed by atoms with Gasteiger partial charge < -0.3 is 5.32 Å².